The molecule has 0 amide bonds. The number of furan rings is 1. The molecule has 4 heteroatoms. The Kier molecular flexibility index (Phi) is 2.41. The molecule has 0 saturated carbocycles. The van der Waals surface area contributed by atoms with E-state index in [0.29, 0.717) is 17.1 Å². The number of rotatable bonds is 2. The topological polar surface area (TPSA) is 57.0 Å². The van der Waals surface area contributed by atoms with Gasteiger partial charge in [0.25, 0.3) is 0 Å². The number of para-hydroxylation sites is 1. The minimum atomic E-state index is 0.605. The van der Waals surface area contributed by atoms with Gasteiger partial charge in [-0.3, -0.25) is 0 Å². The molecule has 0 saturated heterocycles. The number of aromatic nitrogens is 2. The Labute approximate surface area is 105 Å². The molecule has 0 atom stereocenters. The lowest BCUT2D eigenvalue weighted by atomic mass is 10.3. The largest absolute Gasteiger partial charge is 0.460 e. The smallest absolute Gasteiger partial charge is 0.156 e. The average Bonchev–Trinajstić information content (AvgIpc) is 2.97. The van der Waals surface area contributed by atoms with Gasteiger partial charge < -0.3 is 10.2 Å². The van der Waals surface area contributed by atoms with E-state index in [1.807, 2.05) is 49.4 Å². The van der Waals surface area contributed by atoms with Gasteiger partial charge in [-0.1, -0.05) is 18.2 Å². The summed E-state index contributed by atoms with van der Waals surface area (Å²) in [4.78, 5) is 0. The molecule has 0 aliphatic carbocycles. The highest BCUT2D eigenvalue weighted by Gasteiger charge is 2.12. The standard InChI is InChI=1S/C14H13N3O/c1-10-7-8-13(18-10)14-12(15)9-17(16-14)11-5-3-2-4-6-11/h2-9H,15H2,1H3. The van der Waals surface area contributed by atoms with Gasteiger partial charge >= 0.3 is 0 Å². The van der Waals surface area contributed by atoms with Gasteiger partial charge in [0.15, 0.2) is 11.5 Å². The summed E-state index contributed by atoms with van der Waals surface area (Å²) in [6, 6.07) is 13.6. The van der Waals surface area contributed by atoms with E-state index in [0.717, 1.165) is 11.4 Å². The van der Waals surface area contributed by atoms with Crippen molar-refractivity contribution in [1.82, 2.24) is 9.78 Å². The van der Waals surface area contributed by atoms with E-state index in [1.165, 1.54) is 0 Å². The Morgan fingerprint density at radius 3 is 2.56 bits per heavy atom. The molecule has 0 unspecified atom stereocenters. The average molecular weight is 239 g/mol. The lowest BCUT2D eigenvalue weighted by molar-refractivity contribution is 0.546. The van der Waals surface area contributed by atoms with Gasteiger partial charge in [-0.25, -0.2) is 4.68 Å². The number of hydrogen-bond acceptors (Lipinski definition) is 3. The van der Waals surface area contributed by atoms with Crippen molar-refractivity contribution in [3.63, 3.8) is 0 Å². The zero-order valence-corrected chi connectivity index (χ0v) is 10.00. The quantitative estimate of drug-likeness (QED) is 0.747. The third kappa shape index (κ3) is 1.78. The molecule has 0 radical (unpaired) electrons. The molecule has 2 heterocycles. The normalized spacial score (nSPS) is 10.7. The first-order valence-electron chi connectivity index (χ1n) is 5.71. The van der Waals surface area contributed by atoms with Crippen molar-refractivity contribution in [2.75, 3.05) is 5.73 Å². The first-order chi connectivity index (χ1) is 8.74. The van der Waals surface area contributed by atoms with Gasteiger partial charge in [-0.15, -0.1) is 0 Å². The number of nitrogens with zero attached hydrogens (tertiary/aromatic N) is 2. The summed E-state index contributed by atoms with van der Waals surface area (Å²) in [7, 11) is 0. The maximum absolute atomic E-state index is 5.98. The summed E-state index contributed by atoms with van der Waals surface area (Å²) in [5.41, 5.74) is 8.23. The van der Waals surface area contributed by atoms with Crippen molar-refractivity contribution in [1.29, 1.82) is 0 Å². The monoisotopic (exact) mass is 239 g/mol. The Balaban J connectivity index is 2.06. The lowest BCUT2D eigenvalue weighted by Gasteiger charge is -1.98. The van der Waals surface area contributed by atoms with Crippen LogP contribution in [0.2, 0.25) is 0 Å². The summed E-state index contributed by atoms with van der Waals surface area (Å²) < 4.78 is 7.30. The molecule has 3 rings (SSSR count). The molecule has 0 aliphatic rings. The number of nitrogen functional groups attached to an aromatic ring is 1. The highest BCUT2D eigenvalue weighted by atomic mass is 16.3. The molecular weight excluding hydrogens is 226 g/mol. The van der Waals surface area contributed by atoms with Crippen LogP contribution in [0.4, 0.5) is 5.69 Å². The van der Waals surface area contributed by atoms with Crippen molar-refractivity contribution in [2.24, 2.45) is 0 Å². The first kappa shape index (κ1) is 10.7. The zero-order valence-electron chi connectivity index (χ0n) is 10.00. The Hall–Kier alpha value is -2.49. The molecule has 0 bridgehead atoms. The van der Waals surface area contributed by atoms with E-state index in [9.17, 15) is 0 Å². The van der Waals surface area contributed by atoms with Crippen LogP contribution < -0.4 is 5.73 Å². The number of nitrogens with two attached hydrogens (primary N) is 1. The molecule has 1 aromatic carbocycles. The zero-order chi connectivity index (χ0) is 12.5. The Bertz CT molecular complexity index is 667. The van der Waals surface area contributed by atoms with E-state index in [1.54, 1.807) is 10.9 Å². The van der Waals surface area contributed by atoms with Gasteiger partial charge in [0.2, 0.25) is 0 Å². The Morgan fingerprint density at radius 1 is 1.11 bits per heavy atom. The third-order valence-corrected chi connectivity index (χ3v) is 2.74. The van der Waals surface area contributed by atoms with Gasteiger partial charge in [0.05, 0.1) is 17.6 Å². The van der Waals surface area contributed by atoms with Crippen LogP contribution >= 0.6 is 0 Å². The first-order valence-corrected chi connectivity index (χ1v) is 5.71. The second-order valence-corrected chi connectivity index (χ2v) is 4.12. The van der Waals surface area contributed by atoms with Crippen LogP contribution in [0.15, 0.2) is 53.1 Å². The summed E-state index contributed by atoms with van der Waals surface area (Å²) in [5.74, 6) is 1.54. The molecule has 90 valence electrons. The fraction of sp³-hybridized carbons (Fsp3) is 0.0714. The van der Waals surface area contributed by atoms with Gasteiger partial charge in [0.1, 0.15) is 5.76 Å². The fourth-order valence-electron chi connectivity index (χ4n) is 1.85. The maximum atomic E-state index is 5.98. The number of anilines is 1. The third-order valence-electron chi connectivity index (χ3n) is 2.74. The van der Waals surface area contributed by atoms with Gasteiger partial charge in [0, 0.05) is 0 Å². The minimum Gasteiger partial charge on any atom is -0.460 e. The van der Waals surface area contributed by atoms with Crippen molar-refractivity contribution in [3.8, 4) is 17.1 Å². The number of aryl methyl sites for hydroxylation is 1. The van der Waals surface area contributed by atoms with Crippen LogP contribution in [0.1, 0.15) is 5.76 Å². The minimum absolute atomic E-state index is 0.605. The van der Waals surface area contributed by atoms with E-state index < -0.39 is 0 Å². The van der Waals surface area contributed by atoms with Crippen LogP contribution in [-0.2, 0) is 0 Å². The maximum Gasteiger partial charge on any atom is 0.156 e. The van der Waals surface area contributed by atoms with Crippen LogP contribution in [0.5, 0.6) is 0 Å². The van der Waals surface area contributed by atoms with Gasteiger partial charge in [-0.2, -0.15) is 5.10 Å². The molecule has 4 nitrogen and oxygen atoms in total. The van der Waals surface area contributed by atoms with E-state index in [4.69, 9.17) is 10.2 Å². The van der Waals surface area contributed by atoms with Crippen molar-refractivity contribution in [3.05, 3.63) is 54.4 Å². The highest BCUT2D eigenvalue weighted by Crippen LogP contribution is 2.26. The molecule has 0 spiro atoms. The summed E-state index contributed by atoms with van der Waals surface area (Å²) in [5, 5.41) is 4.46. The molecular formula is C14H13N3O. The molecule has 2 N–H and O–H groups in total. The molecule has 3 aromatic rings. The van der Waals surface area contributed by atoms with Gasteiger partial charge in [-0.05, 0) is 31.2 Å². The number of hydrogen-bond donors (Lipinski definition) is 1. The molecule has 0 aliphatic heterocycles. The van der Waals surface area contributed by atoms with Crippen LogP contribution in [0, 0.1) is 6.92 Å². The summed E-state index contributed by atoms with van der Waals surface area (Å²) in [6.07, 6.45) is 1.79. The van der Waals surface area contributed by atoms with Crippen LogP contribution in [0.3, 0.4) is 0 Å². The van der Waals surface area contributed by atoms with Crippen LogP contribution in [-0.4, -0.2) is 9.78 Å². The second-order valence-electron chi connectivity index (χ2n) is 4.12. The SMILES string of the molecule is Cc1ccc(-c2nn(-c3ccccc3)cc2N)o1. The Morgan fingerprint density at radius 2 is 1.89 bits per heavy atom. The van der Waals surface area contributed by atoms with E-state index >= 15 is 0 Å². The summed E-state index contributed by atoms with van der Waals surface area (Å²) >= 11 is 0. The molecule has 0 fully saturated rings. The van der Waals surface area contributed by atoms with Crippen molar-refractivity contribution in [2.45, 2.75) is 6.92 Å². The van der Waals surface area contributed by atoms with Crippen molar-refractivity contribution < 1.29 is 4.42 Å². The summed E-state index contributed by atoms with van der Waals surface area (Å²) in [6.45, 7) is 1.90. The second kappa shape index (κ2) is 4.07. The van der Waals surface area contributed by atoms with E-state index in [-0.39, 0.29) is 0 Å². The van der Waals surface area contributed by atoms with Crippen LogP contribution in [0.25, 0.3) is 17.1 Å². The lowest BCUT2D eigenvalue weighted by Crippen LogP contribution is -1.93. The molecule has 18 heavy (non-hydrogen) atoms. The molecule has 2 aromatic heterocycles. The number of benzene rings is 1. The highest BCUT2D eigenvalue weighted by molar-refractivity contribution is 5.68. The fourth-order valence-corrected chi connectivity index (χ4v) is 1.85. The van der Waals surface area contributed by atoms with Crippen molar-refractivity contribution >= 4 is 5.69 Å². The predicted molar refractivity (Wildman–Crippen MR) is 70.4 cm³/mol. The van der Waals surface area contributed by atoms with E-state index in [2.05, 4.69) is 5.10 Å². The predicted octanol–water partition coefficient (Wildman–Crippen LogP) is 3.02.